The van der Waals surface area contributed by atoms with E-state index in [0.717, 1.165) is 28.2 Å². The fourth-order valence-electron chi connectivity index (χ4n) is 2.82. The topological polar surface area (TPSA) is 73.3 Å². The normalized spacial score (nSPS) is 10.9. The zero-order chi connectivity index (χ0) is 17.4. The average molecular weight is 328 g/mol. The van der Waals surface area contributed by atoms with Gasteiger partial charge in [0.15, 0.2) is 11.4 Å². The molecule has 0 aliphatic heterocycles. The van der Waals surface area contributed by atoms with Crippen molar-refractivity contribution in [2.45, 2.75) is 6.92 Å². The monoisotopic (exact) mass is 328 g/mol. The smallest absolute Gasteiger partial charge is 0.159 e. The number of fused-ring (bicyclic) bond motifs is 1. The van der Waals surface area contributed by atoms with E-state index in [4.69, 9.17) is 10.8 Å². The Kier molecular flexibility index (Phi) is 3.54. The van der Waals surface area contributed by atoms with E-state index in [-0.39, 0.29) is 5.78 Å². The van der Waals surface area contributed by atoms with E-state index in [0.29, 0.717) is 11.3 Å². The van der Waals surface area contributed by atoms with Gasteiger partial charge in [0, 0.05) is 22.4 Å². The van der Waals surface area contributed by atoms with Crippen LogP contribution in [0, 0.1) is 0 Å². The summed E-state index contributed by atoms with van der Waals surface area (Å²) < 4.78 is 1.79. The standard InChI is InChI=1S/C20H16N4O/c1-13(25)14-4-2-6-16(10-14)19-12-22-20-9-8-18(23-24(19)20)15-5-3-7-17(21)11-15/h2-12H,21H2,1H3. The van der Waals surface area contributed by atoms with Crippen LogP contribution in [-0.4, -0.2) is 20.4 Å². The third kappa shape index (κ3) is 2.76. The third-order valence-electron chi connectivity index (χ3n) is 4.11. The fourth-order valence-corrected chi connectivity index (χ4v) is 2.82. The number of aromatic nitrogens is 3. The Labute approximate surface area is 144 Å². The third-order valence-corrected chi connectivity index (χ3v) is 4.11. The van der Waals surface area contributed by atoms with Crippen LogP contribution in [0.2, 0.25) is 0 Å². The highest BCUT2D eigenvalue weighted by Gasteiger charge is 2.10. The van der Waals surface area contributed by atoms with Crippen molar-refractivity contribution < 1.29 is 4.79 Å². The Morgan fingerprint density at radius 2 is 1.80 bits per heavy atom. The van der Waals surface area contributed by atoms with E-state index in [1.807, 2.05) is 54.6 Å². The molecule has 0 saturated carbocycles. The molecule has 5 heteroatoms. The van der Waals surface area contributed by atoms with Crippen LogP contribution in [-0.2, 0) is 0 Å². The zero-order valence-electron chi connectivity index (χ0n) is 13.7. The Morgan fingerprint density at radius 1 is 1.00 bits per heavy atom. The van der Waals surface area contributed by atoms with Gasteiger partial charge in [-0.3, -0.25) is 4.79 Å². The molecule has 0 spiro atoms. The van der Waals surface area contributed by atoms with Gasteiger partial charge in [-0.05, 0) is 37.3 Å². The van der Waals surface area contributed by atoms with Crippen molar-refractivity contribution in [1.82, 2.24) is 14.6 Å². The second-order valence-electron chi connectivity index (χ2n) is 5.89. The number of hydrogen-bond acceptors (Lipinski definition) is 4. The first-order valence-electron chi connectivity index (χ1n) is 7.94. The molecule has 25 heavy (non-hydrogen) atoms. The summed E-state index contributed by atoms with van der Waals surface area (Å²) in [7, 11) is 0. The largest absolute Gasteiger partial charge is 0.399 e. The van der Waals surface area contributed by atoms with Crippen molar-refractivity contribution in [3.05, 3.63) is 72.4 Å². The van der Waals surface area contributed by atoms with Crippen molar-refractivity contribution in [1.29, 1.82) is 0 Å². The predicted octanol–water partition coefficient (Wildman–Crippen LogP) is 3.85. The van der Waals surface area contributed by atoms with Crippen LogP contribution < -0.4 is 5.73 Å². The summed E-state index contributed by atoms with van der Waals surface area (Å²) in [6.07, 6.45) is 1.77. The Morgan fingerprint density at radius 3 is 2.60 bits per heavy atom. The average Bonchev–Trinajstić information content (AvgIpc) is 3.05. The van der Waals surface area contributed by atoms with Gasteiger partial charge in [-0.2, -0.15) is 5.10 Å². The van der Waals surface area contributed by atoms with Gasteiger partial charge in [-0.25, -0.2) is 9.50 Å². The van der Waals surface area contributed by atoms with E-state index in [2.05, 4.69) is 4.98 Å². The van der Waals surface area contributed by atoms with Crippen molar-refractivity contribution in [3.63, 3.8) is 0 Å². The first kappa shape index (κ1) is 15.1. The minimum Gasteiger partial charge on any atom is -0.399 e. The summed E-state index contributed by atoms with van der Waals surface area (Å²) in [6.45, 7) is 1.56. The second kappa shape index (κ2) is 5.87. The van der Waals surface area contributed by atoms with Crippen molar-refractivity contribution >= 4 is 17.1 Å². The molecule has 4 aromatic rings. The van der Waals surface area contributed by atoms with Gasteiger partial charge in [0.2, 0.25) is 0 Å². The minimum atomic E-state index is 0.0316. The number of ketones is 1. The second-order valence-corrected chi connectivity index (χ2v) is 5.89. The van der Waals surface area contributed by atoms with Gasteiger partial charge in [0.05, 0.1) is 17.6 Å². The Balaban J connectivity index is 1.87. The molecule has 0 bridgehead atoms. The highest BCUT2D eigenvalue weighted by molar-refractivity contribution is 5.95. The molecule has 2 N–H and O–H groups in total. The van der Waals surface area contributed by atoms with Crippen molar-refractivity contribution in [2.24, 2.45) is 0 Å². The lowest BCUT2D eigenvalue weighted by atomic mass is 10.1. The summed E-state index contributed by atoms with van der Waals surface area (Å²) in [6, 6.07) is 18.9. The minimum absolute atomic E-state index is 0.0316. The molecule has 0 radical (unpaired) electrons. The van der Waals surface area contributed by atoms with Gasteiger partial charge in [0.1, 0.15) is 0 Å². The number of rotatable bonds is 3. The number of nitrogens with zero attached hydrogens (tertiary/aromatic N) is 3. The zero-order valence-corrected chi connectivity index (χ0v) is 13.7. The molecule has 0 fully saturated rings. The van der Waals surface area contributed by atoms with Crippen molar-refractivity contribution in [3.8, 4) is 22.5 Å². The van der Waals surface area contributed by atoms with Crippen LogP contribution in [0.15, 0.2) is 66.9 Å². The lowest BCUT2D eigenvalue weighted by molar-refractivity contribution is 0.101. The number of nitrogens with two attached hydrogens (primary N) is 1. The number of benzene rings is 2. The molecule has 0 aliphatic carbocycles. The van der Waals surface area contributed by atoms with Crippen LogP contribution in [0.3, 0.4) is 0 Å². The van der Waals surface area contributed by atoms with Gasteiger partial charge >= 0.3 is 0 Å². The lowest BCUT2D eigenvalue weighted by Gasteiger charge is -2.06. The molecule has 5 nitrogen and oxygen atoms in total. The first-order chi connectivity index (χ1) is 12.1. The Hall–Kier alpha value is -3.47. The molecule has 0 aliphatic rings. The molecule has 122 valence electrons. The van der Waals surface area contributed by atoms with Gasteiger partial charge in [-0.1, -0.05) is 30.3 Å². The molecule has 0 unspecified atom stereocenters. The summed E-state index contributed by atoms with van der Waals surface area (Å²) in [5.41, 5.74) is 11.5. The van der Waals surface area contributed by atoms with Crippen LogP contribution >= 0.6 is 0 Å². The molecule has 2 heterocycles. The molecule has 2 aromatic carbocycles. The molecule has 0 atom stereocenters. The highest BCUT2D eigenvalue weighted by Crippen LogP contribution is 2.24. The molecular formula is C20H16N4O. The summed E-state index contributed by atoms with van der Waals surface area (Å²) in [5.74, 6) is 0.0316. The summed E-state index contributed by atoms with van der Waals surface area (Å²) in [4.78, 5) is 16.1. The fraction of sp³-hybridized carbons (Fsp3) is 0.0500. The van der Waals surface area contributed by atoms with E-state index >= 15 is 0 Å². The maximum absolute atomic E-state index is 11.7. The van der Waals surface area contributed by atoms with Crippen LogP contribution in [0.25, 0.3) is 28.2 Å². The molecule has 0 saturated heterocycles. The molecule has 4 rings (SSSR count). The van der Waals surface area contributed by atoms with E-state index in [9.17, 15) is 4.79 Å². The molecular weight excluding hydrogens is 312 g/mol. The number of imidazole rings is 1. The number of hydrogen-bond donors (Lipinski definition) is 1. The number of carbonyl (C=O) groups is 1. The number of anilines is 1. The maximum atomic E-state index is 11.7. The van der Waals surface area contributed by atoms with Gasteiger partial charge < -0.3 is 5.73 Å². The predicted molar refractivity (Wildman–Crippen MR) is 98.3 cm³/mol. The van der Waals surface area contributed by atoms with Crippen molar-refractivity contribution in [2.75, 3.05) is 5.73 Å². The number of nitrogen functional groups attached to an aromatic ring is 1. The van der Waals surface area contributed by atoms with Gasteiger partial charge in [-0.15, -0.1) is 0 Å². The van der Waals surface area contributed by atoms with Crippen LogP contribution in [0.4, 0.5) is 5.69 Å². The van der Waals surface area contributed by atoms with E-state index < -0.39 is 0 Å². The SMILES string of the molecule is CC(=O)c1cccc(-c2cnc3ccc(-c4cccc(N)c4)nn23)c1. The highest BCUT2D eigenvalue weighted by atomic mass is 16.1. The summed E-state index contributed by atoms with van der Waals surface area (Å²) >= 11 is 0. The first-order valence-corrected chi connectivity index (χ1v) is 7.94. The molecule has 2 aromatic heterocycles. The van der Waals surface area contributed by atoms with E-state index in [1.165, 1.54) is 0 Å². The molecule has 0 amide bonds. The van der Waals surface area contributed by atoms with Crippen LogP contribution in [0.1, 0.15) is 17.3 Å². The number of carbonyl (C=O) groups excluding carboxylic acids is 1. The number of Topliss-reactive ketones (excluding diaryl/α,β-unsaturated/α-hetero) is 1. The van der Waals surface area contributed by atoms with E-state index in [1.54, 1.807) is 23.7 Å². The Bertz CT molecular complexity index is 1100. The maximum Gasteiger partial charge on any atom is 0.159 e. The van der Waals surface area contributed by atoms with Gasteiger partial charge in [0.25, 0.3) is 0 Å². The lowest BCUT2D eigenvalue weighted by Crippen LogP contribution is -1.98. The summed E-state index contributed by atoms with van der Waals surface area (Å²) in [5, 5.41) is 4.71. The van der Waals surface area contributed by atoms with Crippen LogP contribution in [0.5, 0.6) is 0 Å². The quantitative estimate of drug-likeness (QED) is 0.458.